The second kappa shape index (κ2) is 21.1. The van der Waals surface area contributed by atoms with Crippen molar-refractivity contribution in [3.05, 3.63) is 314 Å². The molecule has 13 rings (SSSR count). The highest BCUT2D eigenvalue weighted by atomic mass is 15.2. The summed E-state index contributed by atoms with van der Waals surface area (Å²) < 4.78 is 2.39. The van der Waals surface area contributed by atoms with Crippen molar-refractivity contribution in [3.63, 3.8) is 0 Å². The number of aromatic nitrogens is 1. The van der Waals surface area contributed by atoms with Crippen molar-refractivity contribution in [1.82, 2.24) is 4.57 Å². The normalized spacial score (nSPS) is 11.2. The molecule has 4 nitrogen and oxygen atoms in total. The fraction of sp³-hybridized carbons (Fsp3) is 0.0400. The summed E-state index contributed by atoms with van der Waals surface area (Å²) in [5.74, 6) is 0. The van der Waals surface area contributed by atoms with Crippen LogP contribution in [0.4, 0.5) is 51.2 Å². The Hall–Kier alpha value is -10.2. The zero-order valence-electron chi connectivity index (χ0n) is 44.6. The number of fused-ring (bicyclic) bond motifs is 3. The van der Waals surface area contributed by atoms with Crippen molar-refractivity contribution < 1.29 is 0 Å². The molecule has 0 saturated heterocycles. The van der Waals surface area contributed by atoms with Gasteiger partial charge in [-0.3, -0.25) is 0 Å². The molecule has 0 spiro atoms. The van der Waals surface area contributed by atoms with Crippen molar-refractivity contribution in [2.45, 2.75) is 20.8 Å². The standard InChI is InChI=1S/C75H58N4/c1-53-31-38-62(39-32-53)78(63-40-33-54(2)34-41-63)67-48-49-68(55(3)51-67)71-29-18-28-69(75(71)57-37-50-74-72(52-57)70-27-16-17-30-73(70)79(74)61-25-14-7-15-26-61)56-35-42-64(43-36-56)77(60-23-12-6-13-24-60)66-46-44-65(45-47-66)76(58-19-8-4-9-20-58)59-21-10-5-11-22-59/h4-52H,1-3H3. The third-order valence-electron chi connectivity index (χ3n) is 15.2. The third-order valence-corrected chi connectivity index (χ3v) is 15.2. The molecule has 0 N–H and O–H groups in total. The predicted molar refractivity (Wildman–Crippen MR) is 335 cm³/mol. The van der Waals surface area contributed by atoms with Gasteiger partial charge in [0.05, 0.1) is 11.0 Å². The molecular formula is C75H58N4. The first-order chi connectivity index (χ1) is 38.9. The lowest BCUT2D eigenvalue weighted by Crippen LogP contribution is -2.12. The Morgan fingerprint density at radius 1 is 0.253 bits per heavy atom. The SMILES string of the molecule is Cc1ccc(N(c2ccc(C)cc2)c2ccc(-c3cccc(-c4ccc(N(c5ccccc5)c5ccc(N(c6ccccc6)c6ccccc6)cc5)cc4)c3-c3ccc4c(c3)c3ccccc3n4-c3ccccc3)c(C)c2)cc1. The molecule has 0 aliphatic rings. The fourth-order valence-corrected chi connectivity index (χ4v) is 11.4. The molecule has 1 aromatic heterocycles. The number of hydrogen-bond donors (Lipinski definition) is 0. The largest absolute Gasteiger partial charge is 0.311 e. The summed E-state index contributed by atoms with van der Waals surface area (Å²) in [4.78, 5) is 7.01. The Bertz CT molecular complexity index is 4140. The van der Waals surface area contributed by atoms with Gasteiger partial charge in [-0.1, -0.05) is 169 Å². The highest BCUT2D eigenvalue weighted by molar-refractivity contribution is 6.11. The molecule has 1 heterocycles. The summed E-state index contributed by atoms with van der Waals surface area (Å²) in [7, 11) is 0. The third kappa shape index (κ3) is 9.40. The van der Waals surface area contributed by atoms with Crippen molar-refractivity contribution in [2.75, 3.05) is 14.7 Å². The quantitative estimate of drug-likeness (QED) is 0.114. The lowest BCUT2D eigenvalue weighted by molar-refractivity contribution is 1.18. The molecule has 13 aromatic rings. The van der Waals surface area contributed by atoms with E-state index in [0.717, 1.165) is 73.6 Å². The summed E-state index contributed by atoms with van der Waals surface area (Å²) in [5.41, 5.74) is 24.0. The van der Waals surface area contributed by atoms with E-state index in [9.17, 15) is 0 Å². The zero-order chi connectivity index (χ0) is 53.2. The van der Waals surface area contributed by atoms with Gasteiger partial charge in [-0.2, -0.15) is 0 Å². The van der Waals surface area contributed by atoms with Crippen molar-refractivity contribution in [3.8, 4) is 39.1 Å². The molecule has 0 aliphatic heterocycles. The van der Waals surface area contributed by atoms with Crippen molar-refractivity contribution in [1.29, 1.82) is 0 Å². The zero-order valence-corrected chi connectivity index (χ0v) is 44.6. The van der Waals surface area contributed by atoms with Crippen LogP contribution in [0.5, 0.6) is 0 Å². The van der Waals surface area contributed by atoms with Crippen LogP contribution in [0.2, 0.25) is 0 Å². The number of rotatable bonds is 13. The van der Waals surface area contributed by atoms with Crippen LogP contribution in [-0.4, -0.2) is 4.57 Å². The van der Waals surface area contributed by atoms with E-state index in [1.54, 1.807) is 0 Å². The van der Waals surface area contributed by atoms with E-state index in [-0.39, 0.29) is 0 Å². The van der Waals surface area contributed by atoms with Crippen molar-refractivity contribution >= 4 is 73.0 Å². The lowest BCUT2D eigenvalue weighted by atomic mass is 9.85. The Kier molecular flexibility index (Phi) is 13.0. The average molecular weight is 1020 g/mol. The highest BCUT2D eigenvalue weighted by Gasteiger charge is 2.22. The molecule has 0 saturated carbocycles. The van der Waals surface area contributed by atoms with Gasteiger partial charge in [0.25, 0.3) is 0 Å². The van der Waals surface area contributed by atoms with E-state index in [4.69, 9.17) is 0 Å². The number of aryl methyl sites for hydroxylation is 3. The van der Waals surface area contributed by atoms with E-state index < -0.39 is 0 Å². The molecule has 0 bridgehead atoms. The van der Waals surface area contributed by atoms with E-state index in [0.29, 0.717) is 0 Å². The number of anilines is 9. The van der Waals surface area contributed by atoms with Crippen LogP contribution in [0.15, 0.2) is 297 Å². The second-order valence-corrected chi connectivity index (χ2v) is 20.4. The molecule has 0 unspecified atom stereocenters. The summed E-state index contributed by atoms with van der Waals surface area (Å²) in [6, 6.07) is 108. The molecule has 12 aromatic carbocycles. The van der Waals surface area contributed by atoms with Gasteiger partial charge in [-0.15, -0.1) is 0 Å². The molecular weight excluding hydrogens is 957 g/mol. The van der Waals surface area contributed by atoms with Gasteiger partial charge in [-0.05, 0) is 199 Å². The topological polar surface area (TPSA) is 14.7 Å². The van der Waals surface area contributed by atoms with Gasteiger partial charge in [0.2, 0.25) is 0 Å². The van der Waals surface area contributed by atoms with Crippen LogP contribution >= 0.6 is 0 Å². The molecule has 0 fully saturated rings. The number of para-hydroxylation sites is 5. The van der Waals surface area contributed by atoms with E-state index in [1.807, 2.05) is 0 Å². The summed E-state index contributed by atoms with van der Waals surface area (Å²) in [6.07, 6.45) is 0. The summed E-state index contributed by atoms with van der Waals surface area (Å²) in [5, 5.41) is 2.44. The van der Waals surface area contributed by atoms with Crippen LogP contribution in [0, 0.1) is 20.8 Å². The number of benzene rings is 12. The smallest absolute Gasteiger partial charge is 0.0541 e. The Balaban J connectivity index is 0.944. The van der Waals surface area contributed by atoms with Gasteiger partial charge in [0, 0.05) is 67.6 Å². The minimum Gasteiger partial charge on any atom is -0.311 e. The minimum atomic E-state index is 1.07. The Morgan fingerprint density at radius 2 is 0.646 bits per heavy atom. The first kappa shape index (κ1) is 48.5. The molecule has 0 atom stereocenters. The molecule has 378 valence electrons. The van der Waals surface area contributed by atoms with Crippen LogP contribution in [-0.2, 0) is 0 Å². The maximum absolute atomic E-state index is 2.42. The lowest BCUT2D eigenvalue weighted by Gasteiger charge is -2.28. The Morgan fingerprint density at radius 3 is 1.16 bits per heavy atom. The van der Waals surface area contributed by atoms with E-state index in [1.165, 1.54) is 55.2 Å². The van der Waals surface area contributed by atoms with Crippen molar-refractivity contribution in [2.24, 2.45) is 0 Å². The van der Waals surface area contributed by atoms with Crippen LogP contribution in [0.25, 0.3) is 60.9 Å². The van der Waals surface area contributed by atoms with E-state index in [2.05, 4.69) is 337 Å². The first-order valence-corrected chi connectivity index (χ1v) is 27.2. The maximum Gasteiger partial charge on any atom is 0.0541 e. The van der Waals surface area contributed by atoms with Crippen LogP contribution < -0.4 is 14.7 Å². The fourth-order valence-electron chi connectivity index (χ4n) is 11.4. The van der Waals surface area contributed by atoms with Crippen LogP contribution in [0.1, 0.15) is 16.7 Å². The van der Waals surface area contributed by atoms with Gasteiger partial charge < -0.3 is 19.3 Å². The van der Waals surface area contributed by atoms with E-state index >= 15 is 0 Å². The molecule has 4 heteroatoms. The van der Waals surface area contributed by atoms with Gasteiger partial charge in [0.15, 0.2) is 0 Å². The van der Waals surface area contributed by atoms with Gasteiger partial charge in [0.1, 0.15) is 0 Å². The molecule has 0 radical (unpaired) electrons. The number of nitrogens with zero attached hydrogens (tertiary/aromatic N) is 4. The molecule has 79 heavy (non-hydrogen) atoms. The number of hydrogen-bond acceptors (Lipinski definition) is 3. The molecule has 0 aliphatic carbocycles. The summed E-state index contributed by atoms with van der Waals surface area (Å²) >= 11 is 0. The van der Waals surface area contributed by atoms with Gasteiger partial charge >= 0.3 is 0 Å². The summed E-state index contributed by atoms with van der Waals surface area (Å²) in [6.45, 7) is 6.54. The maximum atomic E-state index is 2.42. The predicted octanol–water partition coefficient (Wildman–Crippen LogP) is 21.1. The van der Waals surface area contributed by atoms with Crippen LogP contribution in [0.3, 0.4) is 0 Å². The minimum absolute atomic E-state index is 1.07. The highest BCUT2D eigenvalue weighted by Crippen LogP contribution is 2.46. The first-order valence-electron chi connectivity index (χ1n) is 27.2. The monoisotopic (exact) mass is 1010 g/mol. The Labute approximate surface area is 463 Å². The second-order valence-electron chi connectivity index (χ2n) is 20.4. The average Bonchev–Trinajstić information content (AvgIpc) is 3.97. The van der Waals surface area contributed by atoms with Gasteiger partial charge in [-0.25, -0.2) is 0 Å². The molecule has 0 amide bonds.